The van der Waals surface area contributed by atoms with Crippen LogP contribution in [0.4, 0.5) is 0 Å². The summed E-state index contributed by atoms with van der Waals surface area (Å²) in [5.74, 6) is 1.53. The molecule has 0 saturated carbocycles. The molecule has 2 rings (SSSR count). The second-order valence-corrected chi connectivity index (χ2v) is 13.0. The predicted octanol–water partition coefficient (Wildman–Crippen LogP) is 10.00. The number of allylic oxidation sites excluding steroid dienone is 1. The zero-order valence-electron chi connectivity index (χ0n) is 25.6. The summed E-state index contributed by atoms with van der Waals surface area (Å²) in [6.07, 6.45) is 29.7. The van der Waals surface area contributed by atoms with Gasteiger partial charge in [-0.3, -0.25) is 0 Å². The molecule has 3 heteroatoms. The fourth-order valence-electron chi connectivity index (χ4n) is 7.85. The van der Waals surface area contributed by atoms with Crippen LogP contribution in [0.25, 0.3) is 0 Å². The van der Waals surface area contributed by atoms with Gasteiger partial charge in [-0.15, -0.1) is 0 Å². The first-order valence-corrected chi connectivity index (χ1v) is 16.7. The number of rotatable bonds is 6. The number of ether oxygens (including phenoxy) is 1. The van der Waals surface area contributed by atoms with E-state index >= 15 is 0 Å². The van der Waals surface area contributed by atoms with Crippen LogP contribution in [0.1, 0.15) is 175 Å². The molecule has 3 nitrogen and oxygen atoms in total. The van der Waals surface area contributed by atoms with Gasteiger partial charge in [-0.1, -0.05) is 124 Å². The van der Waals surface area contributed by atoms with Crippen molar-refractivity contribution in [1.82, 2.24) is 0 Å². The van der Waals surface area contributed by atoms with Crippen molar-refractivity contribution in [3.05, 3.63) is 11.3 Å². The van der Waals surface area contributed by atoms with Crippen molar-refractivity contribution >= 4 is 0 Å². The molecule has 0 aromatic rings. The maximum atomic E-state index is 11.2. The van der Waals surface area contributed by atoms with Crippen molar-refractivity contribution in [3.8, 4) is 0 Å². The second-order valence-electron chi connectivity index (χ2n) is 13.0. The third kappa shape index (κ3) is 10.9. The molecule has 3 unspecified atom stereocenters. The van der Waals surface area contributed by atoms with Crippen molar-refractivity contribution in [2.45, 2.75) is 187 Å². The van der Waals surface area contributed by atoms with Gasteiger partial charge < -0.3 is 15.6 Å². The molecule has 0 spiro atoms. The maximum Gasteiger partial charge on any atom is 0.0986 e. The Labute approximate surface area is 231 Å². The molecule has 0 fully saturated rings. The van der Waals surface area contributed by atoms with E-state index in [0.717, 1.165) is 32.1 Å². The normalized spacial score (nSPS) is 30.2. The molecule has 0 radical (unpaired) electrons. The molecular formula is C34H65NO2. The van der Waals surface area contributed by atoms with Gasteiger partial charge >= 0.3 is 0 Å². The minimum absolute atomic E-state index is 0.185. The number of nitrogens with two attached hydrogens (primary N) is 1. The number of hydrogen-bond acceptors (Lipinski definition) is 3. The van der Waals surface area contributed by atoms with E-state index in [0.29, 0.717) is 5.92 Å². The maximum absolute atomic E-state index is 11.2. The highest BCUT2D eigenvalue weighted by Crippen LogP contribution is 2.52. The van der Waals surface area contributed by atoms with Crippen LogP contribution in [0, 0.1) is 11.3 Å². The molecule has 2 aliphatic carbocycles. The van der Waals surface area contributed by atoms with E-state index in [4.69, 9.17) is 10.5 Å². The summed E-state index contributed by atoms with van der Waals surface area (Å²) in [6.45, 7) is 6.95. The summed E-state index contributed by atoms with van der Waals surface area (Å²) in [4.78, 5) is 0. The summed E-state index contributed by atoms with van der Waals surface area (Å²) >= 11 is 0. The summed E-state index contributed by atoms with van der Waals surface area (Å²) in [5.41, 5.74) is 8.47. The highest BCUT2D eigenvalue weighted by Gasteiger charge is 2.44. The number of aliphatic hydroxyl groups excluding tert-OH is 1. The summed E-state index contributed by atoms with van der Waals surface area (Å²) in [5, 5.41) is 11.2. The topological polar surface area (TPSA) is 55.5 Å². The molecule has 2 aliphatic rings. The third-order valence-corrected chi connectivity index (χ3v) is 9.98. The molecule has 0 heterocycles. The second kappa shape index (κ2) is 17.9. The molecule has 37 heavy (non-hydrogen) atoms. The lowest BCUT2D eigenvalue weighted by molar-refractivity contribution is 0.0223. The molecule has 218 valence electrons. The zero-order chi connectivity index (χ0) is 27.0. The van der Waals surface area contributed by atoms with Gasteiger partial charge in [0.25, 0.3) is 0 Å². The van der Waals surface area contributed by atoms with E-state index in [9.17, 15) is 5.11 Å². The SMILES string of the molecule is CCCC1(CCC)CCCCCCCCCCCCCCCCC(N)(CC)CC2=C(OC)C1CC(O)C2. The quantitative estimate of drug-likeness (QED) is 0.367. The van der Waals surface area contributed by atoms with E-state index < -0.39 is 0 Å². The van der Waals surface area contributed by atoms with Crippen LogP contribution in [0.2, 0.25) is 0 Å². The highest BCUT2D eigenvalue weighted by atomic mass is 16.5. The Morgan fingerprint density at radius 1 is 0.757 bits per heavy atom. The third-order valence-electron chi connectivity index (χ3n) is 9.98. The highest BCUT2D eigenvalue weighted by molar-refractivity contribution is 5.22. The Hall–Kier alpha value is -0.540. The molecule has 0 amide bonds. The number of methoxy groups -OCH3 is 1. The van der Waals surface area contributed by atoms with Gasteiger partial charge in [0, 0.05) is 11.5 Å². The van der Waals surface area contributed by atoms with Crippen molar-refractivity contribution < 1.29 is 9.84 Å². The first-order valence-electron chi connectivity index (χ1n) is 16.7. The van der Waals surface area contributed by atoms with Gasteiger partial charge in [0.15, 0.2) is 0 Å². The van der Waals surface area contributed by atoms with Gasteiger partial charge in [-0.25, -0.2) is 0 Å². The molecule has 3 N–H and O–H groups in total. The average Bonchev–Trinajstić information content (AvgIpc) is 2.87. The monoisotopic (exact) mass is 520 g/mol. The Balaban J connectivity index is 2.31. The summed E-state index contributed by atoms with van der Waals surface area (Å²) in [6, 6.07) is 0. The summed E-state index contributed by atoms with van der Waals surface area (Å²) in [7, 11) is 1.89. The van der Waals surface area contributed by atoms with Crippen molar-refractivity contribution in [2.75, 3.05) is 7.11 Å². The van der Waals surface area contributed by atoms with E-state index in [-0.39, 0.29) is 17.1 Å². The van der Waals surface area contributed by atoms with Crippen molar-refractivity contribution in [1.29, 1.82) is 0 Å². The number of aliphatic hydroxyl groups is 1. The van der Waals surface area contributed by atoms with E-state index in [1.54, 1.807) is 0 Å². The van der Waals surface area contributed by atoms with Gasteiger partial charge in [-0.2, -0.15) is 0 Å². The summed E-state index contributed by atoms with van der Waals surface area (Å²) < 4.78 is 6.30. The van der Waals surface area contributed by atoms with Crippen LogP contribution in [-0.2, 0) is 4.74 Å². The molecule has 2 bridgehead atoms. The standard InChI is InChI=1S/C34H65NO2/c1-5-22-33(23-6-2)24-20-18-16-14-12-10-8-9-11-13-15-17-19-21-25-34(35,7-3)28-29-26-30(36)27-31(33)32(29)37-4/h30-31,36H,5-28,35H2,1-4H3. The van der Waals surface area contributed by atoms with Gasteiger partial charge in [0.2, 0.25) is 0 Å². The Kier molecular flexibility index (Phi) is 15.8. The largest absolute Gasteiger partial charge is 0.501 e. The number of fused-ring (bicyclic) bond motifs is 1. The van der Waals surface area contributed by atoms with Gasteiger partial charge in [0.05, 0.1) is 19.0 Å². The number of hydrogen-bond donors (Lipinski definition) is 2. The lowest BCUT2D eigenvalue weighted by atomic mass is 9.61. The van der Waals surface area contributed by atoms with Crippen LogP contribution < -0.4 is 5.73 Å². The predicted molar refractivity (Wildman–Crippen MR) is 161 cm³/mol. The van der Waals surface area contributed by atoms with Crippen LogP contribution in [0.3, 0.4) is 0 Å². The first-order chi connectivity index (χ1) is 17.9. The molecule has 0 saturated heterocycles. The first kappa shape index (κ1) is 32.7. The van der Waals surface area contributed by atoms with Gasteiger partial charge in [-0.05, 0) is 62.4 Å². The van der Waals surface area contributed by atoms with E-state index in [1.165, 1.54) is 133 Å². The van der Waals surface area contributed by atoms with Crippen molar-refractivity contribution in [3.63, 3.8) is 0 Å². The van der Waals surface area contributed by atoms with Crippen LogP contribution in [-0.4, -0.2) is 23.9 Å². The Bertz CT molecular complexity index is 623. The minimum atomic E-state index is -0.265. The minimum Gasteiger partial charge on any atom is -0.501 e. The van der Waals surface area contributed by atoms with Crippen LogP contribution >= 0.6 is 0 Å². The van der Waals surface area contributed by atoms with Gasteiger partial charge in [0.1, 0.15) is 0 Å². The zero-order valence-corrected chi connectivity index (χ0v) is 25.6. The molecule has 0 aromatic heterocycles. The Morgan fingerprint density at radius 3 is 1.65 bits per heavy atom. The molecule has 0 aliphatic heterocycles. The fraction of sp³-hybridized carbons (Fsp3) is 0.941. The van der Waals surface area contributed by atoms with Crippen LogP contribution in [0.5, 0.6) is 0 Å². The Morgan fingerprint density at radius 2 is 1.22 bits per heavy atom. The van der Waals surface area contributed by atoms with E-state index in [1.807, 2.05) is 7.11 Å². The lowest BCUT2D eigenvalue weighted by Crippen LogP contribution is -2.43. The molecular weight excluding hydrogens is 454 g/mol. The smallest absolute Gasteiger partial charge is 0.0986 e. The van der Waals surface area contributed by atoms with E-state index in [2.05, 4.69) is 20.8 Å². The molecule has 3 atom stereocenters. The fourth-order valence-corrected chi connectivity index (χ4v) is 7.85. The van der Waals surface area contributed by atoms with Crippen molar-refractivity contribution in [2.24, 2.45) is 17.1 Å². The molecule has 0 aromatic carbocycles. The van der Waals surface area contributed by atoms with Crippen LogP contribution in [0.15, 0.2) is 11.3 Å². The average molecular weight is 520 g/mol. The lowest BCUT2D eigenvalue weighted by Gasteiger charge is -2.46.